The molecule has 1 aliphatic heterocycles. The Labute approximate surface area is 240 Å². The number of aromatic nitrogens is 4. The number of fused-ring (bicyclic) bond motifs is 1. The summed E-state index contributed by atoms with van der Waals surface area (Å²) in [4.78, 5) is 22.7. The average Bonchev–Trinajstić information content (AvgIpc) is 3.53. The van der Waals surface area contributed by atoms with Crippen molar-refractivity contribution in [3.63, 3.8) is 0 Å². The van der Waals surface area contributed by atoms with Crippen LogP contribution in [0.3, 0.4) is 0 Å². The molecule has 1 fully saturated rings. The van der Waals surface area contributed by atoms with Gasteiger partial charge in [0.1, 0.15) is 18.4 Å². The zero-order valence-corrected chi connectivity index (χ0v) is 24.7. The topological polar surface area (TPSA) is 125 Å². The van der Waals surface area contributed by atoms with Crippen molar-refractivity contribution < 1.29 is 34.9 Å². The largest absolute Gasteiger partial charge is 0.523 e. The first-order chi connectivity index (χ1) is 19.7. The van der Waals surface area contributed by atoms with Crippen LogP contribution in [0.25, 0.3) is 11.2 Å². The normalized spacial score (nSPS) is 20.3. The van der Waals surface area contributed by atoms with E-state index in [-0.39, 0.29) is 24.2 Å². The third-order valence-corrected chi connectivity index (χ3v) is 13.3. The van der Waals surface area contributed by atoms with E-state index < -0.39 is 53.0 Å². The summed E-state index contributed by atoms with van der Waals surface area (Å²) in [5.41, 5.74) is -6.04. The fourth-order valence-corrected chi connectivity index (χ4v) is 10.6. The van der Waals surface area contributed by atoms with Gasteiger partial charge in [0.05, 0.1) is 19.3 Å². The number of imidazole rings is 1. The third kappa shape index (κ3) is 5.42. The molecule has 0 spiro atoms. The fourth-order valence-electron chi connectivity index (χ4n) is 5.38. The van der Waals surface area contributed by atoms with Crippen molar-refractivity contribution in [2.24, 2.45) is 0 Å². The molecule has 2 aromatic carbocycles. The number of alkyl halides is 3. The van der Waals surface area contributed by atoms with Gasteiger partial charge >= 0.3 is 15.6 Å². The fraction of sp³-hybridized carbons (Fsp3) is 0.370. The number of hydrogen-bond acceptors (Lipinski definition) is 8. The van der Waals surface area contributed by atoms with Crippen LogP contribution in [0.1, 0.15) is 33.4 Å². The lowest BCUT2D eigenvalue weighted by Crippen LogP contribution is -2.67. The number of ether oxygens (including phenoxy) is 1. The molecule has 5 rings (SSSR count). The van der Waals surface area contributed by atoms with Crippen molar-refractivity contribution in [3.8, 4) is 0 Å². The van der Waals surface area contributed by atoms with Gasteiger partial charge in [-0.15, -0.1) is 0 Å². The highest BCUT2D eigenvalue weighted by Crippen LogP contribution is 2.40. The van der Waals surface area contributed by atoms with E-state index >= 15 is 0 Å². The quantitative estimate of drug-likeness (QED) is 0.181. The molecule has 0 saturated carbocycles. The minimum atomic E-state index is -5.96. The number of benzene rings is 2. The third-order valence-electron chi connectivity index (χ3n) is 7.27. The van der Waals surface area contributed by atoms with Crippen molar-refractivity contribution in [1.29, 1.82) is 0 Å². The van der Waals surface area contributed by atoms with E-state index in [0.717, 1.165) is 16.7 Å². The lowest BCUT2D eigenvalue weighted by Gasteiger charge is -2.43. The highest BCUT2D eigenvalue weighted by molar-refractivity contribution is 7.87. The molecule has 1 N–H and O–H groups in total. The van der Waals surface area contributed by atoms with Crippen LogP contribution in [0.15, 0.2) is 78.1 Å². The number of rotatable bonds is 8. The van der Waals surface area contributed by atoms with Crippen molar-refractivity contribution >= 4 is 40.0 Å². The second-order valence-electron chi connectivity index (χ2n) is 10.9. The van der Waals surface area contributed by atoms with Crippen molar-refractivity contribution in [3.05, 3.63) is 83.7 Å². The Balaban J connectivity index is 1.54. The van der Waals surface area contributed by atoms with Crippen LogP contribution in [-0.4, -0.2) is 60.6 Å². The van der Waals surface area contributed by atoms with Gasteiger partial charge in [-0.1, -0.05) is 81.4 Å². The van der Waals surface area contributed by atoms with Gasteiger partial charge in [-0.3, -0.25) is 13.5 Å². The molecule has 10 nitrogen and oxygen atoms in total. The van der Waals surface area contributed by atoms with E-state index in [2.05, 4.69) is 15.0 Å². The molecular weight excluding hydrogens is 593 g/mol. The minimum absolute atomic E-state index is 0.00602. The number of halogens is 3. The molecule has 1 aliphatic rings. The summed E-state index contributed by atoms with van der Waals surface area (Å²) in [7, 11) is -9.13. The van der Waals surface area contributed by atoms with Gasteiger partial charge in [0.15, 0.2) is 11.2 Å². The first kappa shape index (κ1) is 30.1. The molecule has 0 bridgehead atoms. The average molecular weight is 623 g/mol. The van der Waals surface area contributed by atoms with Crippen LogP contribution >= 0.6 is 0 Å². The Kier molecular flexibility index (Phi) is 7.91. The van der Waals surface area contributed by atoms with E-state index in [0.29, 0.717) is 0 Å². The monoisotopic (exact) mass is 622 g/mol. The maximum absolute atomic E-state index is 13.4. The molecule has 2 aromatic heterocycles. The molecule has 3 heterocycles. The number of hydrogen-bond donors (Lipinski definition) is 1. The number of aromatic amines is 1. The van der Waals surface area contributed by atoms with Gasteiger partial charge in [-0.05, 0) is 15.4 Å². The number of H-pyrrole nitrogens is 1. The van der Waals surface area contributed by atoms with E-state index in [1.165, 1.54) is 10.9 Å². The van der Waals surface area contributed by atoms with E-state index in [9.17, 15) is 26.4 Å². The molecule has 0 aliphatic carbocycles. The molecule has 0 radical (unpaired) electrons. The molecule has 15 heteroatoms. The lowest BCUT2D eigenvalue weighted by molar-refractivity contribution is -0.0653. The molecule has 42 heavy (non-hydrogen) atoms. The second-order valence-corrected chi connectivity index (χ2v) is 16.8. The van der Waals surface area contributed by atoms with Crippen molar-refractivity contribution in [2.75, 3.05) is 6.61 Å². The summed E-state index contributed by atoms with van der Waals surface area (Å²) in [6.45, 7) is 5.81. The summed E-state index contributed by atoms with van der Waals surface area (Å²) in [5.74, 6) is 0. The molecule has 224 valence electrons. The Morgan fingerprint density at radius 3 is 2.17 bits per heavy atom. The first-order valence-electron chi connectivity index (χ1n) is 13.0. The predicted molar refractivity (Wildman–Crippen MR) is 150 cm³/mol. The second kappa shape index (κ2) is 11.0. The van der Waals surface area contributed by atoms with Gasteiger partial charge in [-0.2, -0.15) is 21.6 Å². The SMILES string of the molecule is CC(C)(C)[Si](OC[C@H]1O[C@@H](n2cnc3c(=O)[nH]cnc32)C[C@H]1OS(=O)(=O)C(F)(F)F)(c1ccccc1)c1ccccc1. The Morgan fingerprint density at radius 2 is 1.62 bits per heavy atom. The molecule has 4 aromatic rings. The Hall–Kier alpha value is -3.37. The van der Waals surface area contributed by atoms with Crippen LogP contribution in [0.5, 0.6) is 0 Å². The maximum atomic E-state index is 13.4. The standard InChI is InChI=1S/C27H29F3N4O6SSi/c1-26(2,3)42(18-10-6-4-7-11-18,19-12-8-5-9-13-19)38-15-21-20(40-41(36,37)27(28,29)30)14-22(39-21)34-17-33-23-24(34)31-16-32-25(23)35/h4-13,16-17,20-22H,14-15H2,1-3H3,(H,31,32,35)/t20-,21-,22-/m1/s1. The summed E-state index contributed by atoms with van der Waals surface area (Å²) in [5, 5.41) is 1.37. The van der Waals surface area contributed by atoms with E-state index in [4.69, 9.17) is 13.3 Å². The zero-order valence-electron chi connectivity index (χ0n) is 22.9. The van der Waals surface area contributed by atoms with Crippen molar-refractivity contribution in [1.82, 2.24) is 19.5 Å². The predicted octanol–water partition coefficient (Wildman–Crippen LogP) is 3.22. The van der Waals surface area contributed by atoms with E-state index in [1.54, 1.807) is 0 Å². The summed E-state index contributed by atoms with van der Waals surface area (Å²) in [6, 6.07) is 19.1. The van der Waals surface area contributed by atoms with Gasteiger partial charge in [-0.25, -0.2) is 9.97 Å². The molecule has 1 saturated heterocycles. The van der Waals surface area contributed by atoms with Crippen LogP contribution < -0.4 is 15.9 Å². The molecule has 0 unspecified atom stereocenters. The molecule has 0 amide bonds. The molecule has 3 atom stereocenters. The molecular formula is C27H29F3N4O6SSi. The van der Waals surface area contributed by atoms with E-state index in [1.807, 2.05) is 81.4 Å². The summed E-state index contributed by atoms with van der Waals surface area (Å²) in [6.07, 6.45) is -1.70. The van der Waals surface area contributed by atoms with Crippen molar-refractivity contribution in [2.45, 2.75) is 56.2 Å². The minimum Gasteiger partial charge on any atom is -0.405 e. The summed E-state index contributed by atoms with van der Waals surface area (Å²) < 4.78 is 83.3. The van der Waals surface area contributed by atoms with Crippen LogP contribution in [0.4, 0.5) is 13.2 Å². The zero-order chi connectivity index (χ0) is 30.3. The Bertz CT molecular complexity index is 1670. The van der Waals surface area contributed by atoms with Crippen LogP contribution in [0.2, 0.25) is 5.04 Å². The van der Waals surface area contributed by atoms with Gasteiger partial charge < -0.3 is 14.1 Å². The van der Waals surface area contributed by atoms with Gasteiger partial charge in [0, 0.05) is 6.42 Å². The number of nitrogens with zero attached hydrogens (tertiary/aromatic N) is 3. The summed E-state index contributed by atoms with van der Waals surface area (Å²) >= 11 is 0. The van der Waals surface area contributed by atoms with Crippen LogP contribution in [-0.2, 0) is 23.5 Å². The smallest absolute Gasteiger partial charge is 0.405 e. The first-order valence-corrected chi connectivity index (χ1v) is 16.4. The lowest BCUT2D eigenvalue weighted by atomic mass is 10.2. The number of nitrogens with one attached hydrogen (secondary N) is 1. The van der Waals surface area contributed by atoms with Gasteiger partial charge in [0.2, 0.25) is 0 Å². The van der Waals surface area contributed by atoms with Crippen LogP contribution in [0, 0.1) is 0 Å². The maximum Gasteiger partial charge on any atom is 0.523 e. The van der Waals surface area contributed by atoms with Gasteiger partial charge in [0.25, 0.3) is 13.9 Å². The highest BCUT2D eigenvalue weighted by Gasteiger charge is 2.54. The Morgan fingerprint density at radius 1 is 1.02 bits per heavy atom. The highest BCUT2D eigenvalue weighted by atomic mass is 32.2.